The number of benzene rings is 1. The van der Waals surface area contributed by atoms with Crippen LogP contribution >= 0.6 is 26.6 Å². The summed E-state index contributed by atoms with van der Waals surface area (Å²) in [5.41, 5.74) is 0.794. The summed E-state index contributed by atoms with van der Waals surface area (Å²) in [6, 6.07) is 3.11. The third-order valence-corrected chi connectivity index (χ3v) is 6.12. The van der Waals surface area contributed by atoms with E-state index in [0.717, 1.165) is 19.3 Å². The summed E-state index contributed by atoms with van der Waals surface area (Å²) in [4.78, 5) is 12.2. The number of carbonyl (C=O) groups excluding carboxylic acids is 1. The minimum absolute atomic E-state index is 0.0384. The van der Waals surface area contributed by atoms with Crippen LogP contribution in [0.15, 0.2) is 21.5 Å². The zero-order chi connectivity index (χ0) is 15.8. The highest BCUT2D eigenvalue weighted by Gasteiger charge is 2.24. The third kappa shape index (κ3) is 3.99. The van der Waals surface area contributed by atoms with Crippen molar-refractivity contribution in [2.75, 3.05) is 0 Å². The molecule has 2 atom stereocenters. The molecule has 2 unspecified atom stereocenters. The number of hydrogen-bond donors (Lipinski definition) is 1. The summed E-state index contributed by atoms with van der Waals surface area (Å²) in [7, 11) is 1.54. The second-order valence-electron chi connectivity index (χ2n) is 5.61. The molecule has 1 N–H and O–H groups in total. The summed E-state index contributed by atoms with van der Waals surface area (Å²) in [6.45, 7) is 3.80. The van der Waals surface area contributed by atoms with Crippen LogP contribution in [-0.4, -0.2) is 20.4 Å². The molecule has 4 nitrogen and oxygen atoms in total. The lowest BCUT2D eigenvalue weighted by molar-refractivity contribution is 0.0937. The fourth-order valence-electron chi connectivity index (χ4n) is 2.64. The van der Waals surface area contributed by atoms with Gasteiger partial charge in [-0.1, -0.05) is 22.9 Å². The molecular weight excluding hydrogens is 378 g/mol. The maximum Gasteiger partial charge on any atom is 0.261 e. The summed E-state index contributed by atoms with van der Waals surface area (Å²) in [6.07, 6.45) is 3.02. The highest BCUT2D eigenvalue weighted by molar-refractivity contribution is 9.10. The molecule has 2 rings (SSSR count). The Kier molecular flexibility index (Phi) is 5.00. The molecule has 0 radical (unpaired) electrons. The second-order valence-corrected chi connectivity index (χ2v) is 9.00. The Bertz CT molecular complexity index is 675. The molecule has 1 saturated carbocycles. The molecule has 7 heteroatoms. The van der Waals surface area contributed by atoms with E-state index in [4.69, 9.17) is 10.7 Å². The molecule has 1 aliphatic rings. The van der Waals surface area contributed by atoms with Crippen molar-refractivity contribution in [3.8, 4) is 0 Å². The van der Waals surface area contributed by atoms with Gasteiger partial charge in [0, 0.05) is 26.8 Å². The Morgan fingerprint density at radius 3 is 2.57 bits per heavy atom. The van der Waals surface area contributed by atoms with Crippen molar-refractivity contribution in [3.63, 3.8) is 0 Å². The Morgan fingerprint density at radius 1 is 1.38 bits per heavy atom. The van der Waals surface area contributed by atoms with Gasteiger partial charge in [-0.3, -0.25) is 4.79 Å². The Hall–Kier alpha value is -0.590. The van der Waals surface area contributed by atoms with E-state index in [-0.39, 0.29) is 16.8 Å². The molecule has 0 saturated heterocycles. The van der Waals surface area contributed by atoms with Gasteiger partial charge in [0.1, 0.15) is 0 Å². The topological polar surface area (TPSA) is 63.2 Å². The molecule has 0 aromatic heterocycles. The first kappa shape index (κ1) is 16.8. The summed E-state index contributed by atoms with van der Waals surface area (Å²) in [5, 5.41) is 2.95. The van der Waals surface area contributed by atoms with E-state index in [9.17, 15) is 13.2 Å². The SMILES string of the molecule is Cc1c(Br)cc(C(=O)NC2CCC(C)C2)cc1S(=O)(=O)Cl. The van der Waals surface area contributed by atoms with Crippen LogP contribution in [0.4, 0.5) is 0 Å². The van der Waals surface area contributed by atoms with Gasteiger partial charge in [0.15, 0.2) is 0 Å². The highest BCUT2D eigenvalue weighted by atomic mass is 79.9. The van der Waals surface area contributed by atoms with Crippen LogP contribution < -0.4 is 5.32 Å². The molecule has 1 aromatic carbocycles. The molecule has 0 aliphatic heterocycles. The van der Waals surface area contributed by atoms with Gasteiger partial charge >= 0.3 is 0 Å². The highest BCUT2D eigenvalue weighted by Crippen LogP contribution is 2.29. The van der Waals surface area contributed by atoms with Gasteiger partial charge in [0.25, 0.3) is 15.0 Å². The Balaban J connectivity index is 2.28. The number of halogens is 2. The normalized spacial score (nSPS) is 22.3. The molecule has 0 heterocycles. The first-order valence-corrected chi connectivity index (χ1v) is 9.84. The summed E-state index contributed by atoms with van der Waals surface area (Å²) < 4.78 is 23.7. The van der Waals surface area contributed by atoms with Gasteiger partial charge in [-0.2, -0.15) is 0 Å². The largest absolute Gasteiger partial charge is 0.349 e. The first-order valence-electron chi connectivity index (χ1n) is 6.74. The number of rotatable bonds is 3. The van der Waals surface area contributed by atoms with Crippen LogP contribution in [0.2, 0.25) is 0 Å². The monoisotopic (exact) mass is 393 g/mol. The van der Waals surface area contributed by atoms with Crippen molar-refractivity contribution >= 4 is 41.6 Å². The van der Waals surface area contributed by atoms with E-state index in [1.165, 1.54) is 6.07 Å². The van der Waals surface area contributed by atoms with Gasteiger partial charge in [0.2, 0.25) is 0 Å². The molecule has 116 valence electrons. The molecule has 0 spiro atoms. The molecule has 1 amide bonds. The molecule has 1 fully saturated rings. The molecular formula is C14H17BrClNO3S. The van der Waals surface area contributed by atoms with Gasteiger partial charge in [-0.15, -0.1) is 0 Å². The summed E-state index contributed by atoms with van der Waals surface area (Å²) in [5.74, 6) is 0.343. The Labute approximate surface area is 137 Å². The van der Waals surface area contributed by atoms with Gasteiger partial charge in [0.05, 0.1) is 4.90 Å². The maximum absolute atomic E-state index is 12.3. The number of nitrogens with one attached hydrogen (secondary N) is 1. The predicted molar refractivity (Wildman–Crippen MR) is 86.2 cm³/mol. The lowest BCUT2D eigenvalue weighted by Gasteiger charge is -2.14. The van der Waals surface area contributed by atoms with E-state index < -0.39 is 9.05 Å². The second kappa shape index (κ2) is 6.26. The van der Waals surface area contributed by atoms with E-state index in [2.05, 4.69) is 28.2 Å². The van der Waals surface area contributed by atoms with Crippen LogP contribution in [0.5, 0.6) is 0 Å². The molecule has 1 aromatic rings. The zero-order valence-corrected chi connectivity index (χ0v) is 15.0. The molecule has 0 bridgehead atoms. The van der Waals surface area contributed by atoms with Crippen LogP contribution in [0.3, 0.4) is 0 Å². The molecule has 1 aliphatic carbocycles. The number of carbonyl (C=O) groups is 1. The van der Waals surface area contributed by atoms with E-state index >= 15 is 0 Å². The first-order chi connectivity index (χ1) is 9.68. The minimum Gasteiger partial charge on any atom is -0.349 e. The maximum atomic E-state index is 12.3. The van der Waals surface area contributed by atoms with Crippen molar-refractivity contribution < 1.29 is 13.2 Å². The van der Waals surface area contributed by atoms with Crippen LogP contribution in [-0.2, 0) is 9.05 Å². The van der Waals surface area contributed by atoms with Crippen molar-refractivity contribution in [1.82, 2.24) is 5.32 Å². The van der Waals surface area contributed by atoms with Crippen LogP contribution in [0.25, 0.3) is 0 Å². The minimum atomic E-state index is -3.89. The lowest BCUT2D eigenvalue weighted by atomic mass is 10.1. The summed E-state index contributed by atoms with van der Waals surface area (Å²) >= 11 is 3.28. The standard InChI is InChI=1S/C14H17BrClNO3S/c1-8-3-4-11(5-8)17-14(18)10-6-12(15)9(2)13(7-10)21(16,19)20/h6-8,11H,3-5H2,1-2H3,(H,17,18). The average molecular weight is 395 g/mol. The van der Waals surface area contributed by atoms with Crippen molar-refractivity contribution in [2.24, 2.45) is 5.92 Å². The van der Waals surface area contributed by atoms with Crippen molar-refractivity contribution in [1.29, 1.82) is 0 Å². The van der Waals surface area contributed by atoms with Crippen molar-refractivity contribution in [3.05, 3.63) is 27.7 Å². The lowest BCUT2D eigenvalue weighted by Crippen LogP contribution is -2.33. The fourth-order valence-corrected chi connectivity index (χ4v) is 4.46. The smallest absolute Gasteiger partial charge is 0.261 e. The van der Waals surface area contributed by atoms with E-state index in [1.807, 2.05) is 0 Å². The quantitative estimate of drug-likeness (QED) is 0.797. The third-order valence-electron chi connectivity index (χ3n) is 3.85. The molecule has 21 heavy (non-hydrogen) atoms. The van der Waals surface area contributed by atoms with Gasteiger partial charge < -0.3 is 5.32 Å². The van der Waals surface area contributed by atoms with Gasteiger partial charge in [-0.05, 0) is 49.8 Å². The van der Waals surface area contributed by atoms with E-state index in [0.29, 0.717) is 21.5 Å². The average Bonchev–Trinajstić information content (AvgIpc) is 2.76. The van der Waals surface area contributed by atoms with E-state index in [1.54, 1.807) is 13.0 Å². The van der Waals surface area contributed by atoms with Crippen LogP contribution in [0, 0.1) is 12.8 Å². The number of hydrogen-bond acceptors (Lipinski definition) is 3. The number of amides is 1. The zero-order valence-electron chi connectivity index (χ0n) is 11.8. The van der Waals surface area contributed by atoms with Crippen molar-refractivity contribution in [2.45, 2.75) is 44.0 Å². The van der Waals surface area contributed by atoms with Gasteiger partial charge in [-0.25, -0.2) is 8.42 Å². The Morgan fingerprint density at radius 2 is 2.05 bits per heavy atom. The predicted octanol–water partition coefficient (Wildman–Crippen LogP) is 3.60. The fraction of sp³-hybridized carbons (Fsp3) is 0.500. The van der Waals surface area contributed by atoms with Crippen LogP contribution in [0.1, 0.15) is 42.1 Å².